The lowest BCUT2D eigenvalue weighted by Crippen LogP contribution is -2.43. The first-order valence-electron chi connectivity index (χ1n) is 5.28. The molecule has 1 aliphatic carbocycles. The monoisotopic (exact) mass is 181 g/mol. The number of fused-ring (bicyclic) bond motifs is 1. The number of amides is 1. The number of hydrogen-bond donors (Lipinski definition) is 0. The van der Waals surface area contributed by atoms with Gasteiger partial charge in [0.05, 0.1) is 12.0 Å². The summed E-state index contributed by atoms with van der Waals surface area (Å²) in [7, 11) is 0. The Kier molecular flexibility index (Phi) is 1.62. The van der Waals surface area contributed by atoms with E-state index in [2.05, 4.69) is 0 Å². The minimum atomic E-state index is 0.239. The fourth-order valence-electron chi connectivity index (χ4n) is 2.52. The van der Waals surface area contributed by atoms with E-state index in [4.69, 9.17) is 4.74 Å². The van der Waals surface area contributed by atoms with Crippen LogP contribution in [0.3, 0.4) is 0 Å². The zero-order chi connectivity index (χ0) is 8.84. The lowest BCUT2D eigenvalue weighted by molar-refractivity contribution is -0.137. The van der Waals surface area contributed by atoms with Gasteiger partial charge in [0.25, 0.3) is 0 Å². The normalized spacial score (nSPS) is 42.2. The summed E-state index contributed by atoms with van der Waals surface area (Å²) in [5.74, 6) is 1.17. The van der Waals surface area contributed by atoms with Crippen LogP contribution in [0.4, 0.5) is 0 Å². The number of ether oxygens (including phenoxy) is 1. The minimum Gasteiger partial charge on any atom is -0.377 e. The summed E-state index contributed by atoms with van der Waals surface area (Å²) in [6, 6.07) is 0. The molecule has 0 aromatic carbocycles. The van der Waals surface area contributed by atoms with Gasteiger partial charge in [0.1, 0.15) is 0 Å². The van der Waals surface area contributed by atoms with Gasteiger partial charge in [-0.15, -0.1) is 0 Å². The molecule has 13 heavy (non-hydrogen) atoms. The van der Waals surface area contributed by atoms with Crippen LogP contribution in [-0.2, 0) is 9.53 Å². The summed E-state index contributed by atoms with van der Waals surface area (Å²) < 4.78 is 5.56. The maximum atomic E-state index is 11.8. The third kappa shape index (κ3) is 1.10. The average Bonchev–Trinajstić information content (AvgIpc) is 2.74. The molecular formula is C10H15NO2. The SMILES string of the molecule is O=C(C1C2CCCOC21)N1CCC1. The van der Waals surface area contributed by atoms with Gasteiger partial charge in [0.2, 0.25) is 5.91 Å². The number of nitrogens with zero attached hydrogens (tertiary/aromatic N) is 1. The predicted octanol–water partition coefficient (Wildman–Crippen LogP) is 0.644. The third-order valence-corrected chi connectivity index (χ3v) is 3.54. The van der Waals surface area contributed by atoms with Crippen molar-refractivity contribution >= 4 is 5.91 Å². The first-order chi connectivity index (χ1) is 6.38. The molecule has 0 bridgehead atoms. The fraction of sp³-hybridized carbons (Fsp3) is 0.900. The zero-order valence-corrected chi connectivity index (χ0v) is 7.74. The van der Waals surface area contributed by atoms with Gasteiger partial charge in [-0.3, -0.25) is 4.79 Å². The first-order valence-corrected chi connectivity index (χ1v) is 5.28. The summed E-state index contributed by atoms with van der Waals surface area (Å²) in [6.07, 6.45) is 3.83. The van der Waals surface area contributed by atoms with Crippen molar-refractivity contribution in [3.05, 3.63) is 0 Å². The van der Waals surface area contributed by atoms with Gasteiger partial charge in [0.15, 0.2) is 0 Å². The van der Waals surface area contributed by atoms with Gasteiger partial charge in [-0.1, -0.05) is 0 Å². The van der Waals surface area contributed by atoms with Gasteiger partial charge < -0.3 is 9.64 Å². The number of hydrogen-bond acceptors (Lipinski definition) is 2. The van der Waals surface area contributed by atoms with Gasteiger partial charge >= 0.3 is 0 Å². The Hall–Kier alpha value is -0.570. The molecule has 3 heteroatoms. The minimum absolute atomic E-state index is 0.239. The van der Waals surface area contributed by atoms with Crippen molar-refractivity contribution in [3.63, 3.8) is 0 Å². The van der Waals surface area contributed by atoms with E-state index in [0.717, 1.165) is 26.1 Å². The first kappa shape index (κ1) is 7.80. The lowest BCUT2D eigenvalue weighted by atomic mass is 10.1. The molecular weight excluding hydrogens is 166 g/mol. The smallest absolute Gasteiger partial charge is 0.228 e. The molecule has 2 saturated heterocycles. The molecule has 0 aromatic rings. The van der Waals surface area contributed by atoms with Crippen LogP contribution in [0.2, 0.25) is 0 Å². The predicted molar refractivity (Wildman–Crippen MR) is 47.2 cm³/mol. The molecule has 3 fully saturated rings. The second-order valence-electron chi connectivity index (χ2n) is 4.35. The van der Waals surface area contributed by atoms with Crippen LogP contribution in [0.5, 0.6) is 0 Å². The molecule has 3 aliphatic rings. The van der Waals surface area contributed by atoms with Crippen molar-refractivity contribution in [2.75, 3.05) is 19.7 Å². The Bertz CT molecular complexity index is 225. The molecule has 2 aliphatic heterocycles. The van der Waals surface area contributed by atoms with E-state index in [1.165, 1.54) is 12.8 Å². The van der Waals surface area contributed by atoms with E-state index in [9.17, 15) is 4.79 Å². The van der Waals surface area contributed by atoms with E-state index in [0.29, 0.717) is 17.9 Å². The second-order valence-corrected chi connectivity index (χ2v) is 4.35. The van der Waals surface area contributed by atoms with Gasteiger partial charge in [-0.05, 0) is 19.3 Å². The molecule has 0 spiro atoms. The summed E-state index contributed by atoms with van der Waals surface area (Å²) in [4.78, 5) is 13.8. The molecule has 3 nitrogen and oxygen atoms in total. The van der Waals surface area contributed by atoms with Crippen LogP contribution in [0, 0.1) is 11.8 Å². The molecule has 1 amide bonds. The third-order valence-electron chi connectivity index (χ3n) is 3.54. The van der Waals surface area contributed by atoms with Gasteiger partial charge in [-0.2, -0.15) is 0 Å². The van der Waals surface area contributed by atoms with Crippen LogP contribution < -0.4 is 0 Å². The molecule has 0 N–H and O–H groups in total. The van der Waals surface area contributed by atoms with Crippen LogP contribution in [0.15, 0.2) is 0 Å². The van der Waals surface area contributed by atoms with E-state index in [1.807, 2.05) is 4.90 Å². The standard InChI is InChI=1S/C10H15NO2/c12-10(11-4-2-5-11)8-7-3-1-6-13-9(7)8/h7-9H,1-6H2. The van der Waals surface area contributed by atoms with Crippen LogP contribution in [0.1, 0.15) is 19.3 Å². The molecule has 3 unspecified atom stereocenters. The number of likely N-dealkylation sites (tertiary alicyclic amines) is 1. The molecule has 1 saturated carbocycles. The number of carbonyl (C=O) groups excluding carboxylic acids is 1. The quantitative estimate of drug-likeness (QED) is 0.594. The second kappa shape index (κ2) is 2.71. The van der Waals surface area contributed by atoms with Crippen molar-refractivity contribution in [2.24, 2.45) is 11.8 Å². The molecule has 2 heterocycles. The van der Waals surface area contributed by atoms with E-state index in [1.54, 1.807) is 0 Å². The largest absolute Gasteiger partial charge is 0.377 e. The molecule has 3 atom stereocenters. The van der Waals surface area contributed by atoms with E-state index in [-0.39, 0.29) is 5.92 Å². The van der Waals surface area contributed by atoms with Crippen molar-refractivity contribution in [1.82, 2.24) is 4.90 Å². The summed E-state index contributed by atoms with van der Waals surface area (Å²) in [5.41, 5.74) is 0. The van der Waals surface area contributed by atoms with Crippen molar-refractivity contribution in [3.8, 4) is 0 Å². The fourth-order valence-corrected chi connectivity index (χ4v) is 2.52. The Balaban J connectivity index is 1.63. The topological polar surface area (TPSA) is 29.5 Å². The average molecular weight is 181 g/mol. The summed E-state index contributed by atoms with van der Waals surface area (Å²) in [6.45, 7) is 2.83. The Morgan fingerprint density at radius 3 is 2.69 bits per heavy atom. The summed E-state index contributed by atoms with van der Waals surface area (Å²) >= 11 is 0. The van der Waals surface area contributed by atoms with Crippen molar-refractivity contribution in [2.45, 2.75) is 25.4 Å². The lowest BCUT2D eigenvalue weighted by Gasteiger charge is -2.31. The highest BCUT2D eigenvalue weighted by Crippen LogP contribution is 2.49. The van der Waals surface area contributed by atoms with Crippen molar-refractivity contribution < 1.29 is 9.53 Å². The highest BCUT2D eigenvalue weighted by Gasteiger charge is 2.58. The Morgan fingerprint density at radius 1 is 1.31 bits per heavy atom. The summed E-state index contributed by atoms with van der Waals surface area (Å²) in [5, 5.41) is 0. The Labute approximate surface area is 78.0 Å². The highest BCUT2D eigenvalue weighted by atomic mass is 16.5. The highest BCUT2D eigenvalue weighted by molar-refractivity contribution is 5.83. The van der Waals surface area contributed by atoms with Crippen LogP contribution in [-0.4, -0.2) is 36.6 Å². The number of rotatable bonds is 1. The molecule has 3 rings (SSSR count). The van der Waals surface area contributed by atoms with Gasteiger partial charge in [0, 0.05) is 25.6 Å². The van der Waals surface area contributed by atoms with Crippen LogP contribution >= 0.6 is 0 Å². The Morgan fingerprint density at radius 2 is 2.15 bits per heavy atom. The van der Waals surface area contributed by atoms with E-state index >= 15 is 0 Å². The van der Waals surface area contributed by atoms with Gasteiger partial charge in [-0.25, -0.2) is 0 Å². The van der Waals surface area contributed by atoms with Crippen LogP contribution in [0.25, 0.3) is 0 Å². The zero-order valence-electron chi connectivity index (χ0n) is 7.74. The maximum absolute atomic E-state index is 11.8. The van der Waals surface area contributed by atoms with E-state index < -0.39 is 0 Å². The number of carbonyl (C=O) groups is 1. The maximum Gasteiger partial charge on any atom is 0.228 e. The molecule has 72 valence electrons. The van der Waals surface area contributed by atoms with Crippen molar-refractivity contribution in [1.29, 1.82) is 0 Å². The molecule has 0 radical (unpaired) electrons. The molecule has 0 aromatic heterocycles.